The van der Waals surface area contributed by atoms with Gasteiger partial charge in [0.05, 0.1) is 6.04 Å². The van der Waals surface area contributed by atoms with Crippen LogP contribution in [0.1, 0.15) is 46.0 Å². The van der Waals surface area contributed by atoms with E-state index in [-0.39, 0.29) is 17.7 Å². The smallest absolute Gasteiger partial charge is 0.220 e. The average Bonchev–Trinajstić information content (AvgIpc) is 2.56. The van der Waals surface area contributed by atoms with Crippen LogP contribution in [-0.4, -0.2) is 28.7 Å². The number of hydrogen-bond donors (Lipinski definition) is 0. The van der Waals surface area contributed by atoms with Crippen LogP contribution in [0.5, 0.6) is 0 Å². The topological polar surface area (TPSA) is 37.4 Å². The molecule has 0 aromatic heterocycles. The third-order valence-corrected chi connectivity index (χ3v) is 3.92. The first-order valence-electron chi connectivity index (χ1n) is 5.90. The standard InChI is InChI=1S/C12H19NO2/c1-8(14)12-7-10-5-3-4-6-11(10)13(12)9(2)15/h10-12H,3-7H2,1-2H3. The van der Waals surface area contributed by atoms with Gasteiger partial charge < -0.3 is 4.90 Å². The lowest BCUT2D eigenvalue weighted by molar-refractivity contribution is -0.137. The van der Waals surface area contributed by atoms with Crippen LogP contribution in [0.3, 0.4) is 0 Å². The second kappa shape index (κ2) is 3.95. The Balaban J connectivity index is 2.21. The van der Waals surface area contributed by atoms with Crippen molar-refractivity contribution in [3.8, 4) is 0 Å². The van der Waals surface area contributed by atoms with Gasteiger partial charge in [0.2, 0.25) is 5.91 Å². The van der Waals surface area contributed by atoms with Gasteiger partial charge in [-0.1, -0.05) is 12.8 Å². The molecule has 0 spiro atoms. The maximum absolute atomic E-state index is 11.6. The highest BCUT2D eigenvalue weighted by molar-refractivity contribution is 5.87. The zero-order chi connectivity index (χ0) is 11.0. The molecular formula is C12H19NO2. The Morgan fingerprint density at radius 1 is 1.13 bits per heavy atom. The summed E-state index contributed by atoms with van der Waals surface area (Å²) in [6.45, 7) is 3.20. The van der Waals surface area contributed by atoms with E-state index < -0.39 is 0 Å². The Bertz CT molecular complexity index is 287. The monoisotopic (exact) mass is 209 g/mol. The summed E-state index contributed by atoms with van der Waals surface area (Å²) in [7, 11) is 0. The minimum absolute atomic E-state index is 0.0737. The van der Waals surface area contributed by atoms with E-state index in [0.29, 0.717) is 12.0 Å². The Morgan fingerprint density at radius 3 is 2.40 bits per heavy atom. The molecule has 3 heteroatoms. The third kappa shape index (κ3) is 1.80. The molecule has 1 aliphatic carbocycles. The lowest BCUT2D eigenvalue weighted by atomic mass is 9.84. The Labute approximate surface area is 90.8 Å². The first kappa shape index (κ1) is 10.7. The molecule has 0 N–H and O–H groups in total. The number of carbonyl (C=O) groups is 2. The number of Topliss-reactive ketones (excluding diaryl/α,β-unsaturated/α-hetero) is 1. The van der Waals surface area contributed by atoms with Crippen LogP contribution in [0.15, 0.2) is 0 Å². The van der Waals surface area contributed by atoms with Gasteiger partial charge in [-0.25, -0.2) is 0 Å². The predicted octanol–water partition coefficient (Wildman–Crippen LogP) is 1.76. The van der Waals surface area contributed by atoms with E-state index in [1.165, 1.54) is 19.3 Å². The average molecular weight is 209 g/mol. The van der Waals surface area contributed by atoms with E-state index in [1.54, 1.807) is 13.8 Å². The number of likely N-dealkylation sites (tertiary alicyclic amines) is 1. The van der Waals surface area contributed by atoms with Crippen molar-refractivity contribution >= 4 is 11.7 Å². The molecule has 84 valence electrons. The third-order valence-electron chi connectivity index (χ3n) is 3.92. The highest BCUT2D eigenvalue weighted by Gasteiger charge is 2.44. The Kier molecular flexibility index (Phi) is 2.81. The molecule has 3 nitrogen and oxygen atoms in total. The molecule has 2 rings (SSSR count). The SMILES string of the molecule is CC(=O)C1CC2CCCCC2N1C(C)=O. The zero-order valence-corrected chi connectivity index (χ0v) is 9.53. The Hall–Kier alpha value is -0.860. The van der Waals surface area contributed by atoms with Gasteiger partial charge in [0.15, 0.2) is 5.78 Å². The molecule has 2 aliphatic rings. The van der Waals surface area contributed by atoms with E-state index >= 15 is 0 Å². The first-order chi connectivity index (χ1) is 7.11. The minimum atomic E-state index is -0.129. The molecule has 1 aliphatic heterocycles. The van der Waals surface area contributed by atoms with Gasteiger partial charge >= 0.3 is 0 Å². The highest BCUT2D eigenvalue weighted by atomic mass is 16.2. The summed E-state index contributed by atoms with van der Waals surface area (Å²) in [4.78, 5) is 25.0. The molecule has 15 heavy (non-hydrogen) atoms. The summed E-state index contributed by atoms with van der Waals surface area (Å²) >= 11 is 0. The Morgan fingerprint density at radius 2 is 1.80 bits per heavy atom. The molecule has 1 saturated carbocycles. The van der Waals surface area contributed by atoms with Crippen LogP contribution in [0.4, 0.5) is 0 Å². The van der Waals surface area contributed by atoms with Crippen LogP contribution in [-0.2, 0) is 9.59 Å². The molecule has 1 heterocycles. The number of rotatable bonds is 1. The number of ketones is 1. The van der Waals surface area contributed by atoms with Crippen LogP contribution in [0.2, 0.25) is 0 Å². The van der Waals surface area contributed by atoms with Crippen molar-refractivity contribution in [2.24, 2.45) is 5.92 Å². The van der Waals surface area contributed by atoms with Crippen molar-refractivity contribution in [3.63, 3.8) is 0 Å². The summed E-state index contributed by atoms with van der Waals surface area (Å²) in [6.07, 6.45) is 5.65. The van der Waals surface area contributed by atoms with Gasteiger partial charge in [-0.2, -0.15) is 0 Å². The molecule has 1 amide bonds. The molecule has 0 aromatic carbocycles. The van der Waals surface area contributed by atoms with Crippen molar-refractivity contribution < 1.29 is 9.59 Å². The van der Waals surface area contributed by atoms with Crippen molar-refractivity contribution in [1.82, 2.24) is 4.90 Å². The molecule has 0 bridgehead atoms. The summed E-state index contributed by atoms with van der Waals surface area (Å²) < 4.78 is 0. The van der Waals surface area contributed by atoms with Gasteiger partial charge in [-0.3, -0.25) is 9.59 Å². The summed E-state index contributed by atoms with van der Waals surface area (Å²) in [6, 6.07) is 0.223. The van der Waals surface area contributed by atoms with Crippen LogP contribution >= 0.6 is 0 Å². The molecule has 3 unspecified atom stereocenters. The van der Waals surface area contributed by atoms with E-state index in [4.69, 9.17) is 0 Å². The van der Waals surface area contributed by atoms with Crippen LogP contribution < -0.4 is 0 Å². The van der Waals surface area contributed by atoms with E-state index in [2.05, 4.69) is 0 Å². The van der Waals surface area contributed by atoms with E-state index in [1.807, 2.05) is 4.90 Å². The van der Waals surface area contributed by atoms with Gasteiger partial charge in [0.1, 0.15) is 0 Å². The van der Waals surface area contributed by atoms with Gasteiger partial charge in [0, 0.05) is 13.0 Å². The molecular weight excluding hydrogens is 190 g/mol. The fourth-order valence-electron chi connectivity index (χ4n) is 3.28. The molecule has 3 atom stereocenters. The van der Waals surface area contributed by atoms with Crippen molar-refractivity contribution in [1.29, 1.82) is 0 Å². The number of amides is 1. The lowest BCUT2D eigenvalue weighted by Gasteiger charge is -2.32. The maximum atomic E-state index is 11.6. The minimum Gasteiger partial charge on any atom is -0.330 e. The summed E-state index contributed by atoms with van der Waals surface area (Å²) in [5.74, 6) is 0.806. The fourth-order valence-corrected chi connectivity index (χ4v) is 3.28. The van der Waals surface area contributed by atoms with Crippen molar-refractivity contribution in [2.45, 2.75) is 58.0 Å². The van der Waals surface area contributed by atoms with Gasteiger partial charge in [-0.15, -0.1) is 0 Å². The van der Waals surface area contributed by atoms with Crippen molar-refractivity contribution in [2.75, 3.05) is 0 Å². The first-order valence-corrected chi connectivity index (χ1v) is 5.90. The molecule has 0 aromatic rings. The highest BCUT2D eigenvalue weighted by Crippen LogP contribution is 2.39. The van der Waals surface area contributed by atoms with E-state index in [9.17, 15) is 9.59 Å². The van der Waals surface area contributed by atoms with E-state index in [0.717, 1.165) is 12.8 Å². The summed E-state index contributed by atoms with van der Waals surface area (Å²) in [5, 5.41) is 0. The lowest BCUT2D eigenvalue weighted by Crippen LogP contribution is -2.44. The number of carbonyl (C=O) groups excluding carboxylic acids is 2. The second-order valence-electron chi connectivity index (χ2n) is 4.90. The number of hydrogen-bond acceptors (Lipinski definition) is 2. The quantitative estimate of drug-likeness (QED) is 0.660. The normalized spacial score (nSPS) is 35.1. The largest absolute Gasteiger partial charge is 0.330 e. The zero-order valence-electron chi connectivity index (χ0n) is 9.53. The summed E-state index contributed by atoms with van der Waals surface area (Å²) in [5.41, 5.74) is 0. The maximum Gasteiger partial charge on any atom is 0.220 e. The second-order valence-corrected chi connectivity index (χ2v) is 4.90. The van der Waals surface area contributed by atoms with Gasteiger partial charge in [0.25, 0.3) is 0 Å². The molecule has 1 saturated heterocycles. The van der Waals surface area contributed by atoms with Crippen LogP contribution in [0.25, 0.3) is 0 Å². The van der Waals surface area contributed by atoms with Gasteiger partial charge in [-0.05, 0) is 32.1 Å². The number of nitrogens with zero attached hydrogens (tertiary/aromatic N) is 1. The van der Waals surface area contributed by atoms with Crippen LogP contribution in [0, 0.1) is 5.92 Å². The fraction of sp³-hybridized carbons (Fsp3) is 0.833. The predicted molar refractivity (Wildman–Crippen MR) is 57.4 cm³/mol. The molecule has 0 radical (unpaired) electrons. The molecule has 2 fully saturated rings. The van der Waals surface area contributed by atoms with Crippen molar-refractivity contribution in [3.05, 3.63) is 0 Å². The number of fused-ring (bicyclic) bond motifs is 1.